The molecule has 0 bridgehead atoms. The van der Waals surface area contributed by atoms with Gasteiger partial charge in [-0.25, -0.2) is 0 Å². The van der Waals surface area contributed by atoms with Crippen molar-refractivity contribution in [3.63, 3.8) is 0 Å². The zero-order chi connectivity index (χ0) is 19.1. The molecule has 0 saturated carbocycles. The number of hydrogen-bond donors (Lipinski definition) is 1. The minimum absolute atomic E-state index is 0.0479. The maximum Gasteiger partial charge on any atom is 0.251 e. The monoisotopic (exact) mass is 366 g/mol. The van der Waals surface area contributed by atoms with E-state index in [4.69, 9.17) is 4.74 Å². The molecule has 1 N–H and O–H groups in total. The van der Waals surface area contributed by atoms with Crippen molar-refractivity contribution in [3.05, 3.63) is 65.2 Å². The second kappa shape index (κ2) is 9.56. The number of benzene rings is 2. The number of amides is 1. The summed E-state index contributed by atoms with van der Waals surface area (Å²) in [4.78, 5) is 15.2. The van der Waals surface area contributed by atoms with Gasteiger partial charge < -0.3 is 10.1 Å². The highest BCUT2D eigenvalue weighted by Gasteiger charge is 2.24. The van der Waals surface area contributed by atoms with Gasteiger partial charge in [-0.1, -0.05) is 42.8 Å². The van der Waals surface area contributed by atoms with Crippen LogP contribution in [0, 0.1) is 6.92 Å². The van der Waals surface area contributed by atoms with E-state index in [0.29, 0.717) is 18.7 Å². The Balaban J connectivity index is 1.67. The third-order valence-electron chi connectivity index (χ3n) is 5.07. The van der Waals surface area contributed by atoms with Gasteiger partial charge in [0.2, 0.25) is 0 Å². The zero-order valence-electron chi connectivity index (χ0n) is 16.4. The molecule has 144 valence electrons. The lowest BCUT2D eigenvalue weighted by molar-refractivity contribution is 0.0937. The lowest BCUT2D eigenvalue weighted by Crippen LogP contribution is -2.36. The summed E-state index contributed by atoms with van der Waals surface area (Å²) in [5, 5.41) is 3.14. The molecule has 3 rings (SSSR count). The lowest BCUT2D eigenvalue weighted by Gasteiger charge is -2.28. The molecule has 1 fully saturated rings. The summed E-state index contributed by atoms with van der Waals surface area (Å²) in [6.45, 7) is 7.63. The summed E-state index contributed by atoms with van der Waals surface area (Å²) in [5.41, 5.74) is 3.17. The van der Waals surface area contributed by atoms with Crippen LogP contribution in [0.2, 0.25) is 0 Å². The van der Waals surface area contributed by atoms with E-state index in [-0.39, 0.29) is 11.9 Å². The van der Waals surface area contributed by atoms with Crippen LogP contribution in [-0.4, -0.2) is 37.0 Å². The Kier molecular flexibility index (Phi) is 6.88. The molecule has 0 spiro atoms. The van der Waals surface area contributed by atoms with Crippen LogP contribution < -0.4 is 10.1 Å². The molecule has 0 unspecified atom stereocenters. The number of likely N-dealkylation sites (tertiary alicyclic amines) is 1. The van der Waals surface area contributed by atoms with Crippen molar-refractivity contribution in [2.24, 2.45) is 0 Å². The molecular formula is C23H30N2O2. The molecule has 4 nitrogen and oxygen atoms in total. The fraction of sp³-hybridized carbons (Fsp3) is 0.435. The van der Waals surface area contributed by atoms with E-state index >= 15 is 0 Å². The molecular weight excluding hydrogens is 336 g/mol. The van der Waals surface area contributed by atoms with E-state index in [2.05, 4.69) is 48.3 Å². The molecule has 1 atom stereocenters. The van der Waals surface area contributed by atoms with Gasteiger partial charge in [0.25, 0.3) is 5.91 Å². The Bertz CT molecular complexity index is 736. The Morgan fingerprint density at radius 1 is 1.15 bits per heavy atom. The van der Waals surface area contributed by atoms with Gasteiger partial charge in [-0.2, -0.15) is 0 Å². The quantitative estimate of drug-likeness (QED) is 0.755. The summed E-state index contributed by atoms with van der Waals surface area (Å²) in [6.07, 6.45) is 3.41. The first-order valence-corrected chi connectivity index (χ1v) is 9.99. The van der Waals surface area contributed by atoms with Crippen LogP contribution in [0.25, 0.3) is 0 Å². The molecule has 1 amide bonds. The molecule has 2 aromatic rings. The molecule has 0 radical (unpaired) electrons. The summed E-state index contributed by atoms with van der Waals surface area (Å²) in [6, 6.07) is 16.3. The van der Waals surface area contributed by atoms with Crippen molar-refractivity contribution in [2.75, 3.05) is 26.2 Å². The molecule has 1 saturated heterocycles. The van der Waals surface area contributed by atoms with E-state index < -0.39 is 0 Å². The maximum atomic E-state index is 12.7. The molecule has 2 aromatic carbocycles. The molecule has 1 aliphatic rings. The van der Waals surface area contributed by atoms with E-state index in [1.807, 2.05) is 24.3 Å². The second-order valence-corrected chi connectivity index (χ2v) is 7.26. The van der Waals surface area contributed by atoms with Crippen LogP contribution >= 0.6 is 0 Å². The van der Waals surface area contributed by atoms with Crippen LogP contribution in [0.5, 0.6) is 5.75 Å². The van der Waals surface area contributed by atoms with Gasteiger partial charge >= 0.3 is 0 Å². The molecule has 27 heavy (non-hydrogen) atoms. The van der Waals surface area contributed by atoms with E-state index in [1.165, 1.54) is 24.0 Å². The second-order valence-electron chi connectivity index (χ2n) is 7.26. The van der Waals surface area contributed by atoms with Crippen LogP contribution in [0.1, 0.15) is 53.7 Å². The van der Waals surface area contributed by atoms with Crippen LogP contribution in [0.4, 0.5) is 0 Å². The number of carbonyl (C=O) groups excluding carboxylic acids is 1. The number of carbonyl (C=O) groups is 1. The molecule has 1 heterocycles. The zero-order valence-corrected chi connectivity index (χ0v) is 16.4. The van der Waals surface area contributed by atoms with E-state index in [0.717, 1.165) is 25.3 Å². The minimum atomic E-state index is -0.0479. The van der Waals surface area contributed by atoms with Gasteiger partial charge in [-0.05, 0) is 63.0 Å². The van der Waals surface area contributed by atoms with Crippen molar-refractivity contribution < 1.29 is 9.53 Å². The first kappa shape index (κ1) is 19.4. The number of nitrogens with one attached hydrogen (secondary N) is 1. The Morgan fingerprint density at radius 3 is 2.59 bits per heavy atom. The highest BCUT2D eigenvalue weighted by Crippen LogP contribution is 2.25. The van der Waals surface area contributed by atoms with E-state index in [9.17, 15) is 4.79 Å². The lowest BCUT2D eigenvalue weighted by atomic mass is 10.0. The van der Waals surface area contributed by atoms with Crippen molar-refractivity contribution in [1.29, 1.82) is 0 Å². The normalized spacial score (nSPS) is 15.5. The number of aryl methyl sites for hydroxylation is 1. The summed E-state index contributed by atoms with van der Waals surface area (Å²) in [7, 11) is 0. The van der Waals surface area contributed by atoms with Crippen molar-refractivity contribution in [3.8, 4) is 5.75 Å². The number of hydrogen-bond acceptors (Lipinski definition) is 3. The fourth-order valence-electron chi connectivity index (χ4n) is 3.54. The number of rotatable bonds is 8. The Hall–Kier alpha value is -2.33. The largest absolute Gasteiger partial charge is 0.494 e. The van der Waals surface area contributed by atoms with Crippen molar-refractivity contribution in [1.82, 2.24) is 10.2 Å². The van der Waals surface area contributed by atoms with Gasteiger partial charge in [0, 0.05) is 12.1 Å². The van der Waals surface area contributed by atoms with Gasteiger partial charge in [0.1, 0.15) is 5.75 Å². The third kappa shape index (κ3) is 5.33. The smallest absolute Gasteiger partial charge is 0.251 e. The first-order chi connectivity index (χ1) is 13.2. The summed E-state index contributed by atoms with van der Waals surface area (Å²) >= 11 is 0. The van der Waals surface area contributed by atoms with E-state index in [1.54, 1.807) is 0 Å². The average molecular weight is 367 g/mol. The Labute approximate surface area is 162 Å². The molecule has 0 aliphatic carbocycles. The van der Waals surface area contributed by atoms with Crippen LogP contribution in [-0.2, 0) is 0 Å². The first-order valence-electron chi connectivity index (χ1n) is 9.99. The predicted octanol–water partition coefficient (Wildman–Crippen LogP) is 4.35. The molecule has 0 aromatic heterocycles. The van der Waals surface area contributed by atoms with Gasteiger partial charge in [0.05, 0.1) is 12.6 Å². The SMILES string of the molecule is CCCOc1cccc(C(=O)NC[C@H](c2ccc(C)cc2)N2CCCC2)c1. The van der Waals surface area contributed by atoms with Crippen LogP contribution in [0.3, 0.4) is 0 Å². The Morgan fingerprint density at radius 2 is 1.89 bits per heavy atom. The van der Waals surface area contributed by atoms with Gasteiger partial charge in [0.15, 0.2) is 0 Å². The summed E-state index contributed by atoms with van der Waals surface area (Å²) in [5.74, 6) is 0.701. The average Bonchev–Trinajstić information content (AvgIpc) is 3.22. The number of nitrogens with zero attached hydrogens (tertiary/aromatic N) is 1. The van der Waals surface area contributed by atoms with Gasteiger partial charge in [-0.15, -0.1) is 0 Å². The van der Waals surface area contributed by atoms with Crippen molar-refractivity contribution in [2.45, 2.75) is 39.2 Å². The fourth-order valence-corrected chi connectivity index (χ4v) is 3.54. The highest BCUT2D eigenvalue weighted by atomic mass is 16.5. The predicted molar refractivity (Wildman–Crippen MR) is 109 cm³/mol. The molecule has 1 aliphatic heterocycles. The maximum absolute atomic E-state index is 12.7. The summed E-state index contributed by atoms with van der Waals surface area (Å²) < 4.78 is 5.65. The van der Waals surface area contributed by atoms with Crippen molar-refractivity contribution >= 4 is 5.91 Å². The standard InChI is InChI=1S/C23H30N2O2/c1-3-15-27-21-8-6-7-20(16-21)23(26)24-17-22(25-13-4-5-14-25)19-11-9-18(2)10-12-19/h6-12,16,22H,3-5,13-15,17H2,1-2H3,(H,24,26)/t22-/m1/s1. The number of ether oxygens (including phenoxy) is 1. The highest BCUT2D eigenvalue weighted by molar-refractivity contribution is 5.94. The topological polar surface area (TPSA) is 41.6 Å². The van der Waals surface area contributed by atoms with Gasteiger partial charge in [-0.3, -0.25) is 9.69 Å². The van der Waals surface area contributed by atoms with Crippen LogP contribution in [0.15, 0.2) is 48.5 Å². The molecule has 4 heteroatoms. The third-order valence-corrected chi connectivity index (χ3v) is 5.07. The minimum Gasteiger partial charge on any atom is -0.494 e.